The molecule has 4 aliphatic rings. The Bertz CT molecular complexity index is 576. The molecule has 0 radical (unpaired) electrons. The van der Waals surface area contributed by atoms with Gasteiger partial charge in [-0.3, -0.25) is 4.79 Å². The molecular formula is C20H32O4. The predicted octanol–water partition coefficient (Wildman–Crippen LogP) is 3.21. The van der Waals surface area contributed by atoms with Crippen molar-refractivity contribution < 1.29 is 20.1 Å². The Hall–Kier alpha value is -0.610. The van der Waals surface area contributed by atoms with Gasteiger partial charge >= 0.3 is 5.97 Å². The van der Waals surface area contributed by atoms with Crippen LogP contribution in [0, 0.1) is 33.5 Å². The van der Waals surface area contributed by atoms with E-state index >= 15 is 0 Å². The Morgan fingerprint density at radius 3 is 2.33 bits per heavy atom. The van der Waals surface area contributed by atoms with Gasteiger partial charge in [0.25, 0.3) is 0 Å². The maximum absolute atomic E-state index is 12.1. The van der Waals surface area contributed by atoms with Gasteiger partial charge in [0.1, 0.15) is 0 Å². The Labute approximate surface area is 144 Å². The van der Waals surface area contributed by atoms with E-state index in [9.17, 15) is 20.1 Å². The first-order valence-electron chi connectivity index (χ1n) is 9.68. The van der Waals surface area contributed by atoms with Crippen LogP contribution in [0.3, 0.4) is 0 Å². The van der Waals surface area contributed by atoms with Crippen LogP contribution >= 0.6 is 0 Å². The molecule has 4 rings (SSSR count). The van der Waals surface area contributed by atoms with E-state index in [2.05, 4.69) is 6.92 Å². The summed E-state index contributed by atoms with van der Waals surface area (Å²) < 4.78 is 0. The number of carboxylic acids is 1. The van der Waals surface area contributed by atoms with E-state index in [1.54, 1.807) is 0 Å². The average Bonchev–Trinajstić information content (AvgIpc) is 2.71. The molecular weight excluding hydrogens is 304 g/mol. The minimum atomic E-state index is -0.651. The molecule has 0 heterocycles. The standard InChI is InChI=1S/C20H32O4/c1-17-6-4-7-18(2,16(23)24)12(17)5-8-20-10-15(22)19(3,11-20)14(21)9-13(17)20/h12-15,21-22H,4-11H2,1-3H3,(H,23,24)/t12-,13-,14+,15+,17+,18+,19+,20-/m0/s1. The van der Waals surface area contributed by atoms with Gasteiger partial charge in [-0.15, -0.1) is 0 Å². The first-order valence-corrected chi connectivity index (χ1v) is 9.68. The number of carboxylic acid groups (broad SMARTS) is 1. The number of aliphatic carboxylic acids is 1. The molecule has 4 nitrogen and oxygen atoms in total. The second-order valence-corrected chi connectivity index (χ2v) is 10.2. The van der Waals surface area contributed by atoms with Gasteiger partial charge in [0.2, 0.25) is 0 Å². The van der Waals surface area contributed by atoms with Crippen LogP contribution in [-0.2, 0) is 4.79 Å². The molecule has 4 saturated carbocycles. The molecule has 3 N–H and O–H groups in total. The van der Waals surface area contributed by atoms with Crippen LogP contribution in [-0.4, -0.2) is 33.5 Å². The van der Waals surface area contributed by atoms with Gasteiger partial charge in [-0.2, -0.15) is 0 Å². The summed E-state index contributed by atoms with van der Waals surface area (Å²) in [5.41, 5.74) is -0.937. The molecule has 0 unspecified atom stereocenters. The van der Waals surface area contributed by atoms with Crippen molar-refractivity contribution in [1.29, 1.82) is 0 Å². The van der Waals surface area contributed by atoms with Crippen LogP contribution in [0.4, 0.5) is 0 Å². The molecule has 4 aliphatic carbocycles. The van der Waals surface area contributed by atoms with Gasteiger partial charge in [-0.25, -0.2) is 0 Å². The topological polar surface area (TPSA) is 77.8 Å². The first kappa shape index (κ1) is 16.8. The maximum Gasteiger partial charge on any atom is 0.309 e. The van der Waals surface area contributed by atoms with Crippen LogP contribution < -0.4 is 0 Å². The summed E-state index contributed by atoms with van der Waals surface area (Å²) in [6.07, 6.45) is 6.28. The molecule has 2 bridgehead atoms. The zero-order valence-electron chi connectivity index (χ0n) is 15.2. The summed E-state index contributed by atoms with van der Waals surface area (Å²) in [4.78, 5) is 12.1. The van der Waals surface area contributed by atoms with E-state index in [1.807, 2.05) is 13.8 Å². The molecule has 4 fully saturated rings. The highest BCUT2D eigenvalue weighted by molar-refractivity contribution is 5.75. The van der Waals surface area contributed by atoms with E-state index < -0.39 is 23.6 Å². The molecule has 4 heteroatoms. The molecule has 0 aliphatic heterocycles. The Kier molecular flexibility index (Phi) is 3.34. The van der Waals surface area contributed by atoms with E-state index in [0.717, 1.165) is 51.4 Å². The lowest BCUT2D eigenvalue weighted by Gasteiger charge is -2.64. The van der Waals surface area contributed by atoms with Crippen LogP contribution in [0.2, 0.25) is 0 Å². The summed E-state index contributed by atoms with van der Waals surface area (Å²) in [5.74, 6) is -0.133. The van der Waals surface area contributed by atoms with Crippen molar-refractivity contribution in [3.05, 3.63) is 0 Å². The van der Waals surface area contributed by atoms with Gasteiger partial charge in [0.15, 0.2) is 0 Å². The molecule has 8 atom stereocenters. The summed E-state index contributed by atoms with van der Waals surface area (Å²) in [7, 11) is 0. The molecule has 0 amide bonds. The summed E-state index contributed by atoms with van der Waals surface area (Å²) >= 11 is 0. The third-order valence-corrected chi connectivity index (χ3v) is 9.25. The van der Waals surface area contributed by atoms with E-state index in [-0.39, 0.29) is 22.2 Å². The largest absolute Gasteiger partial charge is 0.481 e. The number of carbonyl (C=O) groups is 1. The third kappa shape index (κ3) is 1.79. The van der Waals surface area contributed by atoms with Gasteiger partial charge in [-0.05, 0) is 74.5 Å². The van der Waals surface area contributed by atoms with Crippen molar-refractivity contribution in [1.82, 2.24) is 0 Å². The number of rotatable bonds is 1. The number of fused-ring (bicyclic) bond motifs is 3. The molecule has 0 saturated heterocycles. The minimum Gasteiger partial charge on any atom is -0.481 e. The molecule has 0 aromatic heterocycles. The Morgan fingerprint density at radius 1 is 0.958 bits per heavy atom. The predicted molar refractivity (Wildman–Crippen MR) is 90.3 cm³/mol. The van der Waals surface area contributed by atoms with Crippen molar-refractivity contribution in [3.8, 4) is 0 Å². The van der Waals surface area contributed by atoms with Gasteiger partial charge < -0.3 is 15.3 Å². The number of aliphatic hydroxyl groups excluding tert-OH is 2. The highest BCUT2D eigenvalue weighted by atomic mass is 16.4. The van der Waals surface area contributed by atoms with Crippen molar-refractivity contribution in [2.45, 2.75) is 84.3 Å². The molecule has 0 aromatic carbocycles. The lowest BCUT2D eigenvalue weighted by molar-refractivity contribution is -0.192. The first-order chi connectivity index (χ1) is 11.1. The smallest absolute Gasteiger partial charge is 0.309 e. The zero-order chi connectivity index (χ0) is 17.5. The van der Waals surface area contributed by atoms with E-state index in [4.69, 9.17) is 0 Å². The molecule has 1 spiro atoms. The monoisotopic (exact) mass is 336 g/mol. The Morgan fingerprint density at radius 2 is 1.67 bits per heavy atom. The SMILES string of the molecule is C[C@@]12C[C@]3(CC[C@H]4[C@@](C)(CCC[C@@]4(C)C(=O)O)[C@@H]3C[C@H]1O)C[C@H]2O. The second kappa shape index (κ2) is 4.76. The van der Waals surface area contributed by atoms with Gasteiger partial charge in [0.05, 0.1) is 17.6 Å². The van der Waals surface area contributed by atoms with Crippen LogP contribution in [0.25, 0.3) is 0 Å². The lowest BCUT2D eigenvalue weighted by atomic mass is 9.40. The Balaban J connectivity index is 1.77. The van der Waals surface area contributed by atoms with Crippen LogP contribution in [0.1, 0.15) is 72.1 Å². The van der Waals surface area contributed by atoms with Crippen molar-refractivity contribution in [3.63, 3.8) is 0 Å². The highest BCUT2D eigenvalue weighted by Crippen LogP contribution is 2.73. The molecule has 136 valence electrons. The normalized spacial score (nSPS) is 59.5. The second-order valence-electron chi connectivity index (χ2n) is 10.2. The third-order valence-electron chi connectivity index (χ3n) is 9.25. The van der Waals surface area contributed by atoms with Crippen molar-refractivity contribution in [2.75, 3.05) is 0 Å². The number of hydrogen-bond donors (Lipinski definition) is 3. The number of aliphatic hydroxyl groups is 2. The summed E-state index contributed by atoms with van der Waals surface area (Å²) in [5, 5.41) is 31.4. The zero-order valence-corrected chi connectivity index (χ0v) is 15.2. The van der Waals surface area contributed by atoms with Crippen LogP contribution in [0.15, 0.2) is 0 Å². The minimum absolute atomic E-state index is 0.0317. The number of hydrogen-bond acceptors (Lipinski definition) is 3. The van der Waals surface area contributed by atoms with Crippen molar-refractivity contribution >= 4 is 5.97 Å². The summed E-state index contributed by atoms with van der Waals surface area (Å²) in [6, 6.07) is 0. The maximum atomic E-state index is 12.1. The van der Waals surface area contributed by atoms with Gasteiger partial charge in [-0.1, -0.05) is 20.3 Å². The fourth-order valence-electron chi connectivity index (χ4n) is 7.91. The fraction of sp³-hybridized carbons (Fsp3) is 0.950. The van der Waals surface area contributed by atoms with Crippen molar-refractivity contribution in [2.24, 2.45) is 33.5 Å². The highest BCUT2D eigenvalue weighted by Gasteiger charge is 2.69. The van der Waals surface area contributed by atoms with E-state index in [1.165, 1.54) is 0 Å². The fourth-order valence-corrected chi connectivity index (χ4v) is 7.91. The average molecular weight is 336 g/mol. The van der Waals surface area contributed by atoms with Crippen LogP contribution in [0.5, 0.6) is 0 Å². The summed E-state index contributed by atoms with van der Waals surface area (Å²) in [6.45, 7) is 6.29. The lowest BCUT2D eigenvalue weighted by Crippen LogP contribution is -2.60. The quantitative estimate of drug-likeness (QED) is 0.687. The van der Waals surface area contributed by atoms with Gasteiger partial charge in [0, 0.05) is 5.41 Å². The van der Waals surface area contributed by atoms with E-state index in [0.29, 0.717) is 5.92 Å². The molecule has 0 aromatic rings. The molecule has 24 heavy (non-hydrogen) atoms.